The molecule has 2 rings (SSSR count). The molecule has 0 atom stereocenters. The molecule has 0 unspecified atom stereocenters. The molecule has 0 aliphatic carbocycles. The predicted molar refractivity (Wildman–Crippen MR) is 70.2 cm³/mol. The van der Waals surface area contributed by atoms with Gasteiger partial charge in [-0.3, -0.25) is 0 Å². The van der Waals surface area contributed by atoms with E-state index in [1.165, 1.54) is 11.3 Å². The van der Waals surface area contributed by atoms with E-state index in [0.29, 0.717) is 18.5 Å². The number of nitrogens with zero attached hydrogens (tertiary/aromatic N) is 2. The average molecular weight is 263 g/mol. The van der Waals surface area contributed by atoms with Gasteiger partial charge in [0.2, 0.25) is 5.13 Å². The van der Waals surface area contributed by atoms with Gasteiger partial charge in [-0.25, -0.2) is 4.79 Å². The van der Waals surface area contributed by atoms with E-state index in [0.717, 1.165) is 15.7 Å². The quantitative estimate of drug-likeness (QED) is 0.865. The Morgan fingerprint density at radius 3 is 2.83 bits per heavy atom. The molecule has 94 valence electrons. The summed E-state index contributed by atoms with van der Waals surface area (Å²) in [6.45, 7) is 2.53. The molecule has 2 aromatic rings. The molecule has 0 spiro atoms. The molecule has 0 aliphatic rings. The van der Waals surface area contributed by atoms with Gasteiger partial charge in [-0.1, -0.05) is 29.5 Å². The Morgan fingerprint density at radius 2 is 2.17 bits per heavy atom. The van der Waals surface area contributed by atoms with E-state index < -0.39 is 5.97 Å². The first-order valence-corrected chi connectivity index (χ1v) is 6.33. The van der Waals surface area contributed by atoms with Gasteiger partial charge in [0, 0.05) is 6.54 Å². The first kappa shape index (κ1) is 12.5. The number of rotatable bonds is 5. The molecular formula is C12H13N3O2S. The lowest BCUT2D eigenvalue weighted by atomic mass is 10.1. The molecule has 1 heterocycles. The third-order valence-electron chi connectivity index (χ3n) is 2.44. The molecule has 1 aromatic heterocycles. The summed E-state index contributed by atoms with van der Waals surface area (Å²) in [4.78, 5) is 11.0. The molecule has 2 N–H and O–H groups in total. The molecule has 0 saturated carbocycles. The zero-order chi connectivity index (χ0) is 13.0. The van der Waals surface area contributed by atoms with Crippen molar-refractivity contribution in [3.63, 3.8) is 0 Å². The van der Waals surface area contributed by atoms with Crippen LogP contribution in [-0.2, 0) is 6.42 Å². The van der Waals surface area contributed by atoms with Crippen LogP contribution in [0.1, 0.15) is 20.9 Å². The molecule has 0 aliphatic heterocycles. The van der Waals surface area contributed by atoms with Crippen molar-refractivity contribution >= 4 is 22.4 Å². The number of hydrogen-bond donors (Lipinski definition) is 2. The predicted octanol–water partition coefficient (Wildman–Crippen LogP) is 2.20. The van der Waals surface area contributed by atoms with Crippen molar-refractivity contribution in [3.8, 4) is 0 Å². The molecule has 0 bridgehead atoms. The smallest absolute Gasteiger partial charge is 0.335 e. The van der Waals surface area contributed by atoms with Crippen LogP contribution in [0.2, 0.25) is 0 Å². The second kappa shape index (κ2) is 5.59. The largest absolute Gasteiger partial charge is 0.478 e. The standard InChI is InChI=1S/C12H13N3O2S/c1-8-14-15-12(18-8)13-7-6-9-4-2-3-5-10(9)11(16)17/h2-5H,6-7H2,1H3,(H,13,15)(H,16,17). The first-order valence-electron chi connectivity index (χ1n) is 5.52. The lowest BCUT2D eigenvalue weighted by molar-refractivity contribution is 0.0695. The Bertz CT molecular complexity index is 554. The second-order valence-electron chi connectivity index (χ2n) is 3.77. The summed E-state index contributed by atoms with van der Waals surface area (Å²) >= 11 is 1.48. The van der Waals surface area contributed by atoms with Gasteiger partial charge >= 0.3 is 5.97 Å². The first-order chi connectivity index (χ1) is 8.66. The summed E-state index contributed by atoms with van der Waals surface area (Å²) < 4.78 is 0. The number of anilines is 1. The van der Waals surface area contributed by atoms with Crippen molar-refractivity contribution in [2.75, 3.05) is 11.9 Å². The zero-order valence-corrected chi connectivity index (χ0v) is 10.7. The minimum atomic E-state index is -0.891. The van der Waals surface area contributed by atoms with E-state index in [1.54, 1.807) is 12.1 Å². The summed E-state index contributed by atoms with van der Waals surface area (Å²) in [5.41, 5.74) is 1.17. The van der Waals surface area contributed by atoms with Crippen molar-refractivity contribution in [2.24, 2.45) is 0 Å². The summed E-state index contributed by atoms with van der Waals surface area (Å²) in [5.74, 6) is -0.891. The molecule has 18 heavy (non-hydrogen) atoms. The maximum Gasteiger partial charge on any atom is 0.335 e. The summed E-state index contributed by atoms with van der Waals surface area (Å²) in [7, 11) is 0. The topological polar surface area (TPSA) is 75.1 Å². The Morgan fingerprint density at radius 1 is 1.39 bits per heavy atom. The number of nitrogens with one attached hydrogen (secondary N) is 1. The van der Waals surface area contributed by atoms with Gasteiger partial charge in [0.25, 0.3) is 0 Å². The fourth-order valence-electron chi connectivity index (χ4n) is 1.62. The van der Waals surface area contributed by atoms with E-state index >= 15 is 0 Å². The van der Waals surface area contributed by atoms with E-state index in [2.05, 4.69) is 15.5 Å². The fraction of sp³-hybridized carbons (Fsp3) is 0.250. The van der Waals surface area contributed by atoms with Crippen molar-refractivity contribution in [1.29, 1.82) is 0 Å². The monoisotopic (exact) mass is 263 g/mol. The third-order valence-corrected chi connectivity index (χ3v) is 3.24. The van der Waals surface area contributed by atoms with Gasteiger partial charge in [-0.15, -0.1) is 10.2 Å². The lowest BCUT2D eigenvalue weighted by Crippen LogP contribution is -2.09. The number of aromatic nitrogens is 2. The van der Waals surface area contributed by atoms with Crippen molar-refractivity contribution in [3.05, 3.63) is 40.4 Å². The molecule has 0 fully saturated rings. The molecule has 6 heteroatoms. The van der Waals surface area contributed by atoms with E-state index in [-0.39, 0.29) is 0 Å². The number of aryl methyl sites for hydroxylation is 1. The lowest BCUT2D eigenvalue weighted by Gasteiger charge is -2.05. The van der Waals surface area contributed by atoms with Gasteiger partial charge in [-0.2, -0.15) is 0 Å². The van der Waals surface area contributed by atoms with E-state index in [1.807, 2.05) is 19.1 Å². The van der Waals surface area contributed by atoms with Crippen molar-refractivity contribution in [1.82, 2.24) is 10.2 Å². The van der Waals surface area contributed by atoms with Crippen LogP contribution in [0.25, 0.3) is 0 Å². The van der Waals surface area contributed by atoms with Gasteiger partial charge in [0.1, 0.15) is 5.01 Å². The Labute approximate surface area is 109 Å². The summed E-state index contributed by atoms with van der Waals surface area (Å²) in [5, 5.41) is 21.7. The van der Waals surface area contributed by atoms with Crippen LogP contribution < -0.4 is 5.32 Å². The normalized spacial score (nSPS) is 10.3. The van der Waals surface area contributed by atoms with Crippen molar-refractivity contribution in [2.45, 2.75) is 13.3 Å². The highest BCUT2D eigenvalue weighted by atomic mass is 32.1. The van der Waals surface area contributed by atoms with Crippen LogP contribution in [-0.4, -0.2) is 27.8 Å². The molecule has 5 nitrogen and oxygen atoms in total. The summed E-state index contributed by atoms with van der Waals surface area (Å²) in [6.07, 6.45) is 0.640. The van der Waals surface area contributed by atoms with Gasteiger partial charge in [0.15, 0.2) is 0 Å². The van der Waals surface area contributed by atoms with Crippen LogP contribution in [0.15, 0.2) is 24.3 Å². The second-order valence-corrected chi connectivity index (χ2v) is 4.95. The Kier molecular flexibility index (Phi) is 3.88. The van der Waals surface area contributed by atoms with Crippen molar-refractivity contribution < 1.29 is 9.90 Å². The maximum atomic E-state index is 11.0. The van der Waals surface area contributed by atoms with E-state index in [9.17, 15) is 4.79 Å². The van der Waals surface area contributed by atoms with Crippen LogP contribution in [0, 0.1) is 6.92 Å². The van der Waals surface area contributed by atoms with Gasteiger partial charge < -0.3 is 10.4 Å². The number of hydrogen-bond acceptors (Lipinski definition) is 5. The number of carboxylic acid groups (broad SMARTS) is 1. The van der Waals surface area contributed by atoms with Gasteiger partial charge in [0.05, 0.1) is 5.56 Å². The van der Waals surface area contributed by atoms with Crippen LogP contribution in [0.3, 0.4) is 0 Å². The molecule has 1 aromatic carbocycles. The maximum absolute atomic E-state index is 11.0. The molecule has 0 radical (unpaired) electrons. The minimum Gasteiger partial charge on any atom is -0.478 e. The number of aromatic carboxylic acids is 1. The molecule has 0 amide bonds. The molecule has 0 saturated heterocycles. The van der Waals surface area contributed by atoms with Crippen LogP contribution >= 0.6 is 11.3 Å². The number of carboxylic acids is 1. The minimum absolute atomic E-state index is 0.354. The highest BCUT2D eigenvalue weighted by molar-refractivity contribution is 7.15. The Hall–Kier alpha value is -1.95. The van der Waals surface area contributed by atoms with Gasteiger partial charge in [-0.05, 0) is 25.0 Å². The highest BCUT2D eigenvalue weighted by Crippen LogP contribution is 2.14. The Balaban J connectivity index is 1.96. The van der Waals surface area contributed by atoms with Crippen LogP contribution in [0.5, 0.6) is 0 Å². The van der Waals surface area contributed by atoms with E-state index in [4.69, 9.17) is 5.11 Å². The third kappa shape index (κ3) is 3.04. The number of benzene rings is 1. The highest BCUT2D eigenvalue weighted by Gasteiger charge is 2.08. The van der Waals surface area contributed by atoms with Crippen LogP contribution in [0.4, 0.5) is 5.13 Å². The average Bonchev–Trinajstić information content (AvgIpc) is 2.75. The SMILES string of the molecule is Cc1nnc(NCCc2ccccc2C(=O)O)s1. The fourth-order valence-corrected chi connectivity index (χ4v) is 2.24. The zero-order valence-electron chi connectivity index (χ0n) is 9.88. The molecular weight excluding hydrogens is 250 g/mol. The summed E-state index contributed by atoms with van der Waals surface area (Å²) in [6, 6.07) is 7.02. The number of carbonyl (C=O) groups is 1.